The van der Waals surface area contributed by atoms with Crippen molar-refractivity contribution in [2.75, 3.05) is 13.1 Å². The number of benzene rings is 2. The van der Waals surface area contributed by atoms with E-state index in [1.54, 1.807) is 31.5 Å². The molecule has 0 aliphatic carbocycles. The van der Waals surface area contributed by atoms with Gasteiger partial charge in [-0.3, -0.25) is 4.98 Å². The number of amides is 1. The minimum Gasteiger partial charge on any atom is -0.336 e. The van der Waals surface area contributed by atoms with Crippen molar-refractivity contribution in [2.45, 2.75) is 13.3 Å². The summed E-state index contributed by atoms with van der Waals surface area (Å²) >= 11 is 0. The van der Waals surface area contributed by atoms with Crippen molar-refractivity contribution in [1.29, 1.82) is 0 Å². The zero-order valence-corrected chi connectivity index (χ0v) is 16.6. The molecule has 0 spiro atoms. The third-order valence-electron chi connectivity index (χ3n) is 4.97. The minimum atomic E-state index is -0.282. The fraction of sp³-hybridized carbons (Fsp3) is 0.174. The molecular formula is C23H22FN5O. The quantitative estimate of drug-likeness (QED) is 0.491. The van der Waals surface area contributed by atoms with Crippen molar-refractivity contribution in [3.8, 4) is 22.4 Å². The Bertz CT molecular complexity index is 1220. The van der Waals surface area contributed by atoms with E-state index in [1.807, 2.05) is 30.3 Å². The highest BCUT2D eigenvalue weighted by Crippen LogP contribution is 2.32. The summed E-state index contributed by atoms with van der Waals surface area (Å²) in [5.74, 6) is -0.241. The number of aromatic nitrogens is 3. The summed E-state index contributed by atoms with van der Waals surface area (Å²) in [7, 11) is 0. The summed E-state index contributed by atoms with van der Waals surface area (Å²) < 4.78 is 15.1. The molecule has 0 aliphatic heterocycles. The van der Waals surface area contributed by atoms with E-state index in [0.29, 0.717) is 30.6 Å². The molecule has 152 valence electrons. The predicted molar refractivity (Wildman–Crippen MR) is 116 cm³/mol. The number of carbonyl (C=O) groups is 1. The number of nitrogens with two attached hydrogens (primary N) is 1. The van der Waals surface area contributed by atoms with Crippen LogP contribution < -0.4 is 11.1 Å². The number of nitrogens with zero attached hydrogens (tertiary/aromatic N) is 3. The van der Waals surface area contributed by atoms with E-state index >= 15 is 0 Å². The first-order chi connectivity index (χ1) is 14.6. The Morgan fingerprint density at radius 2 is 2.00 bits per heavy atom. The van der Waals surface area contributed by atoms with Gasteiger partial charge in [-0.25, -0.2) is 9.18 Å². The van der Waals surface area contributed by atoms with E-state index in [1.165, 1.54) is 10.7 Å². The zero-order chi connectivity index (χ0) is 21.1. The first-order valence-corrected chi connectivity index (χ1v) is 9.76. The van der Waals surface area contributed by atoms with Gasteiger partial charge in [0.15, 0.2) is 0 Å². The molecule has 0 aliphatic rings. The molecule has 30 heavy (non-hydrogen) atoms. The van der Waals surface area contributed by atoms with Crippen LogP contribution in [-0.2, 0) is 0 Å². The number of pyridine rings is 1. The summed E-state index contributed by atoms with van der Waals surface area (Å²) in [5, 5.41) is 7.87. The fourth-order valence-corrected chi connectivity index (χ4v) is 3.39. The summed E-state index contributed by atoms with van der Waals surface area (Å²) in [6, 6.07) is 14.3. The van der Waals surface area contributed by atoms with Crippen LogP contribution in [-0.4, -0.2) is 33.9 Å². The Labute approximate surface area is 173 Å². The first kappa shape index (κ1) is 19.7. The second kappa shape index (κ2) is 8.42. The third kappa shape index (κ3) is 3.79. The van der Waals surface area contributed by atoms with Crippen molar-refractivity contribution < 1.29 is 9.18 Å². The van der Waals surface area contributed by atoms with E-state index in [-0.39, 0.29) is 11.8 Å². The normalized spacial score (nSPS) is 11.0. The lowest BCUT2D eigenvalue weighted by Gasteiger charge is -2.10. The van der Waals surface area contributed by atoms with Crippen molar-refractivity contribution in [2.24, 2.45) is 5.73 Å². The SMILES string of the molecule is Cc1cc(-c2ncccc2-c2ccc3c(cnn3C(=O)NCCCN)c2)ccc1F. The van der Waals surface area contributed by atoms with Crippen LogP contribution in [0.5, 0.6) is 0 Å². The zero-order valence-electron chi connectivity index (χ0n) is 16.6. The van der Waals surface area contributed by atoms with Crippen LogP contribution in [0.3, 0.4) is 0 Å². The van der Waals surface area contributed by atoms with Gasteiger partial charge in [-0.2, -0.15) is 9.78 Å². The lowest BCUT2D eigenvalue weighted by Crippen LogP contribution is -2.30. The Hall–Kier alpha value is -3.58. The molecule has 0 saturated carbocycles. The van der Waals surface area contributed by atoms with Crippen molar-refractivity contribution in [3.05, 3.63) is 72.3 Å². The summed E-state index contributed by atoms with van der Waals surface area (Å²) in [6.45, 7) is 2.76. The van der Waals surface area contributed by atoms with Crippen molar-refractivity contribution >= 4 is 16.9 Å². The Morgan fingerprint density at radius 1 is 1.17 bits per heavy atom. The molecule has 0 saturated heterocycles. The number of aryl methyl sites for hydroxylation is 1. The van der Waals surface area contributed by atoms with Gasteiger partial charge in [0, 0.05) is 29.3 Å². The molecular weight excluding hydrogens is 381 g/mol. The van der Waals surface area contributed by atoms with Crippen LogP contribution in [0.1, 0.15) is 12.0 Å². The number of nitrogens with one attached hydrogen (secondary N) is 1. The van der Waals surface area contributed by atoms with Gasteiger partial charge in [-0.15, -0.1) is 0 Å². The lowest BCUT2D eigenvalue weighted by molar-refractivity contribution is 0.240. The molecule has 6 nitrogen and oxygen atoms in total. The maximum absolute atomic E-state index is 13.7. The van der Waals surface area contributed by atoms with Crippen molar-refractivity contribution in [3.63, 3.8) is 0 Å². The van der Waals surface area contributed by atoms with E-state index in [9.17, 15) is 9.18 Å². The summed E-state index contributed by atoms with van der Waals surface area (Å²) in [6.07, 6.45) is 4.10. The largest absolute Gasteiger partial charge is 0.342 e. The summed E-state index contributed by atoms with van der Waals surface area (Å²) in [5.41, 5.74) is 10.2. The van der Waals surface area contributed by atoms with E-state index in [2.05, 4.69) is 15.4 Å². The highest BCUT2D eigenvalue weighted by Gasteiger charge is 2.14. The molecule has 0 fully saturated rings. The highest BCUT2D eigenvalue weighted by atomic mass is 19.1. The Kier molecular flexibility index (Phi) is 5.54. The highest BCUT2D eigenvalue weighted by molar-refractivity contribution is 5.93. The number of hydrogen-bond acceptors (Lipinski definition) is 4. The van der Waals surface area contributed by atoms with Gasteiger partial charge in [0.25, 0.3) is 0 Å². The van der Waals surface area contributed by atoms with Gasteiger partial charge in [-0.05, 0) is 67.4 Å². The molecule has 2 aromatic heterocycles. The van der Waals surface area contributed by atoms with Crippen molar-refractivity contribution in [1.82, 2.24) is 20.1 Å². The fourth-order valence-electron chi connectivity index (χ4n) is 3.39. The third-order valence-corrected chi connectivity index (χ3v) is 4.97. The van der Waals surface area contributed by atoms with Gasteiger partial charge in [0.05, 0.1) is 17.4 Å². The smallest absolute Gasteiger partial charge is 0.336 e. The Morgan fingerprint density at radius 3 is 2.80 bits per heavy atom. The Balaban J connectivity index is 1.71. The van der Waals surface area contributed by atoms with Crippen LogP contribution in [0.15, 0.2) is 60.9 Å². The van der Waals surface area contributed by atoms with Crippen LogP contribution in [0.25, 0.3) is 33.3 Å². The molecule has 7 heteroatoms. The standard InChI is InChI=1S/C23H22FN5O/c1-15-12-17(5-7-20(15)24)22-19(4-2-10-26-22)16-6-8-21-18(13-16)14-28-29(21)23(30)27-11-3-9-25/h2,4-8,10,12-14H,3,9,11,25H2,1H3,(H,27,30). The molecule has 0 radical (unpaired) electrons. The van der Waals surface area contributed by atoms with E-state index in [4.69, 9.17) is 5.73 Å². The molecule has 2 aromatic carbocycles. The second-order valence-corrected chi connectivity index (χ2v) is 7.07. The number of fused-ring (bicyclic) bond motifs is 1. The van der Waals surface area contributed by atoms with Gasteiger partial charge >= 0.3 is 6.03 Å². The molecule has 2 heterocycles. The molecule has 3 N–H and O–H groups in total. The number of halogens is 1. The second-order valence-electron chi connectivity index (χ2n) is 7.07. The molecule has 0 bridgehead atoms. The molecule has 0 unspecified atom stereocenters. The molecule has 4 rings (SSSR count). The van der Waals surface area contributed by atoms with Crippen LogP contribution in [0, 0.1) is 12.7 Å². The van der Waals surface area contributed by atoms with Gasteiger partial charge in [0.2, 0.25) is 0 Å². The molecule has 0 atom stereocenters. The van der Waals surface area contributed by atoms with E-state index in [0.717, 1.165) is 27.8 Å². The predicted octanol–water partition coefficient (Wildman–Crippen LogP) is 4.12. The monoisotopic (exact) mass is 403 g/mol. The average molecular weight is 403 g/mol. The molecule has 4 aromatic rings. The molecule has 1 amide bonds. The van der Waals surface area contributed by atoms with Gasteiger partial charge < -0.3 is 11.1 Å². The average Bonchev–Trinajstić information content (AvgIpc) is 3.19. The first-order valence-electron chi connectivity index (χ1n) is 9.76. The minimum absolute atomic E-state index is 0.241. The maximum atomic E-state index is 13.7. The van der Waals surface area contributed by atoms with Gasteiger partial charge in [0.1, 0.15) is 5.82 Å². The summed E-state index contributed by atoms with van der Waals surface area (Å²) in [4.78, 5) is 16.9. The topological polar surface area (TPSA) is 85.8 Å². The van der Waals surface area contributed by atoms with E-state index < -0.39 is 0 Å². The number of hydrogen-bond donors (Lipinski definition) is 2. The van der Waals surface area contributed by atoms with Crippen LogP contribution >= 0.6 is 0 Å². The van der Waals surface area contributed by atoms with Gasteiger partial charge in [-0.1, -0.05) is 12.1 Å². The maximum Gasteiger partial charge on any atom is 0.342 e. The number of rotatable bonds is 5. The lowest BCUT2D eigenvalue weighted by atomic mass is 9.97. The van der Waals surface area contributed by atoms with Crippen LogP contribution in [0.4, 0.5) is 9.18 Å². The van der Waals surface area contributed by atoms with Crippen LogP contribution in [0.2, 0.25) is 0 Å². The number of carbonyl (C=O) groups excluding carboxylic acids is 1.